The Morgan fingerprint density at radius 3 is 0.673 bits per heavy atom. The molecule has 55 heavy (non-hydrogen) atoms. The normalized spacial score (nSPS) is 10.9. The molecule has 0 fully saturated rings. The van der Waals surface area contributed by atoms with E-state index >= 15 is 0 Å². The zero-order chi connectivity index (χ0) is 36.8. The molecule has 0 amide bonds. The molecule has 1 nitrogen and oxygen atoms in total. The third-order valence-electron chi connectivity index (χ3n) is 10.3. The van der Waals surface area contributed by atoms with Gasteiger partial charge in [-0.1, -0.05) is 200 Å². The predicted molar refractivity (Wildman–Crippen MR) is 234 cm³/mol. The van der Waals surface area contributed by atoms with Gasteiger partial charge in [-0.3, -0.25) is 0 Å². The van der Waals surface area contributed by atoms with Gasteiger partial charge in [0, 0.05) is 17.1 Å². The molecule has 0 aromatic heterocycles. The van der Waals surface area contributed by atoms with Crippen LogP contribution >= 0.6 is 0 Å². The van der Waals surface area contributed by atoms with Gasteiger partial charge >= 0.3 is 0 Å². The second-order valence-electron chi connectivity index (χ2n) is 13.7. The average molecular weight is 702 g/mol. The largest absolute Gasteiger partial charge is 0.311 e. The summed E-state index contributed by atoms with van der Waals surface area (Å²) in [6.07, 6.45) is 0. The van der Waals surface area contributed by atoms with Gasteiger partial charge in [-0.25, -0.2) is 0 Å². The summed E-state index contributed by atoms with van der Waals surface area (Å²) in [5.41, 5.74) is 17.8. The zero-order valence-corrected chi connectivity index (χ0v) is 30.5. The van der Waals surface area contributed by atoms with Crippen molar-refractivity contribution in [3.8, 4) is 66.8 Å². The van der Waals surface area contributed by atoms with Gasteiger partial charge in [0.05, 0.1) is 0 Å². The van der Waals surface area contributed by atoms with E-state index < -0.39 is 0 Å². The van der Waals surface area contributed by atoms with Crippen LogP contribution in [0.25, 0.3) is 66.8 Å². The van der Waals surface area contributed by atoms with E-state index in [1.165, 1.54) is 66.8 Å². The van der Waals surface area contributed by atoms with Crippen molar-refractivity contribution in [3.63, 3.8) is 0 Å². The maximum Gasteiger partial charge on any atom is 0.0462 e. The third kappa shape index (κ3) is 7.12. The molecule has 0 radical (unpaired) electrons. The fraction of sp³-hybridized carbons (Fsp3) is 0. The van der Waals surface area contributed by atoms with Gasteiger partial charge in [-0.15, -0.1) is 0 Å². The fourth-order valence-corrected chi connectivity index (χ4v) is 7.52. The molecule has 0 aliphatic rings. The van der Waals surface area contributed by atoms with E-state index in [-0.39, 0.29) is 0 Å². The van der Waals surface area contributed by atoms with Crippen LogP contribution in [0.2, 0.25) is 0 Å². The molecule has 9 aromatic rings. The predicted octanol–water partition coefficient (Wildman–Crippen LogP) is 15.2. The van der Waals surface area contributed by atoms with Crippen molar-refractivity contribution >= 4 is 17.1 Å². The standard InChI is InChI=1S/C54H39N/c1-4-14-40(15-5-1)42-28-34-48(35-29-42)55(49-36-30-43(31-37-49)41-16-6-2-7-17-41)50-38-32-47(33-39-50)54-23-13-12-22-53(54)46-26-24-45(25-27-46)52-21-11-10-20-51(52)44-18-8-3-9-19-44/h1-39H. The van der Waals surface area contributed by atoms with Crippen molar-refractivity contribution in [1.82, 2.24) is 0 Å². The highest BCUT2D eigenvalue weighted by molar-refractivity contribution is 5.88. The molecular formula is C54H39N. The lowest BCUT2D eigenvalue weighted by Crippen LogP contribution is -2.09. The number of nitrogens with zero attached hydrogens (tertiary/aromatic N) is 1. The molecule has 0 N–H and O–H groups in total. The number of rotatable bonds is 9. The van der Waals surface area contributed by atoms with Crippen molar-refractivity contribution in [1.29, 1.82) is 0 Å². The van der Waals surface area contributed by atoms with E-state index in [9.17, 15) is 0 Å². The molecule has 260 valence electrons. The van der Waals surface area contributed by atoms with Crippen molar-refractivity contribution < 1.29 is 0 Å². The lowest BCUT2D eigenvalue weighted by Gasteiger charge is -2.26. The minimum atomic E-state index is 1.10. The summed E-state index contributed by atoms with van der Waals surface area (Å²) in [4.78, 5) is 2.34. The lowest BCUT2D eigenvalue weighted by molar-refractivity contribution is 1.28. The first-order valence-electron chi connectivity index (χ1n) is 18.8. The van der Waals surface area contributed by atoms with Crippen LogP contribution in [-0.4, -0.2) is 0 Å². The first-order valence-corrected chi connectivity index (χ1v) is 18.8. The Bertz CT molecular complexity index is 2540. The van der Waals surface area contributed by atoms with Crippen molar-refractivity contribution in [2.24, 2.45) is 0 Å². The zero-order valence-electron chi connectivity index (χ0n) is 30.5. The number of hydrogen-bond donors (Lipinski definition) is 0. The van der Waals surface area contributed by atoms with Crippen molar-refractivity contribution in [2.45, 2.75) is 0 Å². The SMILES string of the molecule is c1ccc(-c2ccc(N(c3ccc(-c4ccccc4)cc3)c3ccc(-c4ccccc4-c4ccc(-c5ccccc5-c5ccccc5)cc4)cc3)cc2)cc1. The van der Waals surface area contributed by atoms with Crippen LogP contribution in [0.15, 0.2) is 237 Å². The molecule has 0 atom stereocenters. The van der Waals surface area contributed by atoms with E-state index in [0.29, 0.717) is 0 Å². The minimum Gasteiger partial charge on any atom is -0.311 e. The van der Waals surface area contributed by atoms with Crippen molar-refractivity contribution in [2.75, 3.05) is 4.90 Å². The molecule has 0 spiro atoms. The van der Waals surface area contributed by atoms with Gasteiger partial charge in [0.25, 0.3) is 0 Å². The Balaban J connectivity index is 1.04. The maximum absolute atomic E-state index is 2.34. The molecule has 0 unspecified atom stereocenters. The topological polar surface area (TPSA) is 3.24 Å². The fourth-order valence-electron chi connectivity index (χ4n) is 7.52. The van der Waals surface area contributed by atoms with Gasteiger partial charge in [0.15, 0.2) is 0 Å². The van der Waals surface area contributed by atoms with Crippen LogP contribution in [0.1, 0.15) is 0 Å². The molecule has 1 heteroatoms. The Hall–Kier alpha value is -7.22. The first-order chi connectivity index (χ1) is 27.3. The van der Waals surface area contributed by atoms with Gasteiger partial charge in [0.2, 0.25) is 0 Å². The summed E-state index contributed by atoms with van der Waals surface area (Å²) in [5.74, 6) is 0. The molecule has 0 saturated heterocycles. The molecule has 9 aromatic carbocycles. The number of benzene rings is 9. The lowest BCUT2D eigenvalue weighted by atomic mass is 9.91. The van der Waals surface area contributed by atoms with Gasteiger partial charge < -0.3 is 4.90 Å². The van der Waals surface area contributed by atoms with Crippen LogP contribution in [0, 0.1) is 0 Å². The second kappa shape index (κ2) is 15.4. The smallest absolute Gasteiger partial charge is 0.0462 e. The quantitative estimate of drug-likeness (QED) is 0.145. The molecular weight excluding hydrogens is 663 g/mol. The Labute approximate surface area is 324 Å². The summed E-state index contributed by atoms with van der Waals surface area (Å²) in [6, 6.07) is 84.8. The molecule has 9 rings (SSSR count). The van der Waals surface area contributed by atoms with E-state index in [1.807, 2.05) is 0 Å². The van der Waals surface area contributed by atoms with Crippen LogP contribution < -0.4 is 4.90 Å². The summed E-state index contributed by atoms with van der Waals surface area (Å²) in [5, 5.41) is 0. The van der Waals surface area contributed by atoms with E-state index in [2.05, 4.69) is 241 Å². The Morgan fingerprint density at radius 1 is 0.164 bits per heavy atom. The van der Waals surface area contributed by atoms with Gasteiger partial charge in [-0.2, -0.15) is 0 Å². The van der Waals surface area contributed by atoms with Gasteiger partial charge in [-0.05, 0) is 103 Å². The minimum absolute atomic E-state index is 1.10. The molecule has 0 aliphatic heterocycles. The highest BCUT2D eigenvalue weighted by Crippen LogP contribution is 2.40. The summed E-state index contributed by atoms with van der Waals surface area (Å²) < 4.78 is 0. The Morgan fingerprint density at radius 2 is 0.364 bits per heavy atom. The Kier molecular flexibility index (Phi) is 9.41. The van der Waals surface area contributed by atoms with Gasteiger partial charge in [0.1, 0.15) is 0 Å². The van der Waals surface area contributed by atoms with E-state index in [1.54, 1.807) is 0 Å². The van der Waals surface area contributed by atoms with E-state index in [0.717, 1.165) is 17.1 Å². The maximum atomic E-state index is 2.34. The van der Waals surface area contributed by atoms with Crippen LogP contribution in [0.5, 0.6) is 0 Å². The number of hydrogen-bond acceptors (Lipinski definition) is 1. The second-order valence-corrected chi connectivity index (χ2v) is 13.7. The summed E-state index contributed by atoms with van der Waals surface area (Å²) in [6.45, 7) is 0. The highest BCUT2D eigenvalue weighted by Gasteiger charge is 2.15. The third-order valence-corrected chi connectivity index (χ3v) is 10.3. The van der Waals surface area contributed by atoms with Crippen LogP contribution in [0.3, 0.4) is 0 Å². The monoisotopic (exact) mass is 701 g/mol. The molecule has 0 saturated carbocycles. The van der Waals surface area contributed by atoms with Crippen LogP contribution in [0.4, 0.5) is 17.1 Å². The number of anilines is 3. The summed E-state index contributed by atoms with van der Waals surface area (Å²) in [7, 11) is 0. The summed E-state index contributed by atoms with van der Waals surface area (Å²) >= 11 is 0. The molecule has 0 aliphatic carbocycles. The van der Waals surface area contributed by atoms with Crippen molar-refractivity contribution in [3.05, 3.63) is 237 Å². The average Bonchev–Trinajstić information content (AvgIpc) is 3.28. The highest BCUT2D eigenvalue weighted by atomic mass is 15.1. The molecule has 0 heterocycles. The molecule has 0 bridgehead atoms. The van der Waals surface area contributed by atoms with Crippen LogP contribution in [-0.2, 0) is 0 Å². The van der Waals surface area contributed by atoms with E-state index in [4.69, 9.17) is 0 Å². The first kappa shape index (κ1) is 33.6.